The van der Waals surface area contributed by atoms with E-state index in [0.717, 1.165) is 45.0 Å². The number of aryl methyl sites for hydroxylation is 1. The van der Waals surface area contributed by atoms with Crippen molar-refractivity contribution < 1.29 is 4.42 Å². The van der Waals surface area contributed by atoms with E-state index < -0.39 is 0 Å². The van der Waals surface area contributed by atoms with Crippen molar-refractivity contribution in [2.75, 3.05) is 26.2 Å². The average molecular weight is 363 g/mol. The van der Waals surface area contributed by atoms with Gasteiger partial charge in [-0.25, -0.2) is 0 Å². The first-order valence-corrected chi connectivity index (χ1v) is 9.46. The number of nitrogens with zero attached hydrogens (tertiary/aromatic N) is 5. The second-order valence-electron chi connectivity index (χ2n) is 7.07. The summed E-state index contributed by atoms with van der Waals surface area (Å²) in [5.41, 5.74) is 3.61. The summed E-state index contributed by atoms with van der Waals surface area (Å²) in [5.74, 6) is 1.39. The molecule has 0 saturated carbocycles. The molecule has 2 aromatic heterocycles. The minimum atomic E-state index is 0.688. The summed E-state index contributed by atoms with van der Waals surface area (Å²) in [6.45, 7) is 7.80. The van der Waals surface area contributed by atoms with Gasteiger partial charge in [0.25, 0.3) is 0 Å². The summed E-state index contributed by atoms with van der Waals surface area (Å²) in [6, 6.07) is 14.4. The van der Waals surface area contributed by atoms with Crippen molar-refractivity contribution in [1.29, 1.82) is 0 Å². The van der Waals surface area contributed by atoms with E-state index in [1.165, 1.54) is 11.1 Å². The summed E-state index contributed by atoms with van der Waals surface area (Å²) < 4.78 is 5.88. The van der Waals surface area contributed by atoms with Gasteiger partial charge in [0.2, 0.25) is 11.8 Å². The molecule has 0 atom stereocenters. The van der Waals surface area contributed by atoms with Gasteiger partial charge in [0.05, 0.1) is 18.7 Å². The number of rotatable bonds is 6. The van der Waals surface area contributed by atoms with Crippen LogP contribution in [0.5, 0.6) is 0 Å². The Morgan fingerprint density at radius 2 is 1.56 bits per heavy atom. The number of benzene rings is 1. The maximum atomic E-state index is 5.88. The molecular formula is C21H25N5O. The van der Waals surface area contributed by atoms with Crippen LogP contribution in [-0.4, -0.2) is 51.2 Å². The van der Waals surface area contributed by atoms with Gasteiger partial charge in [-0.2, -0.15) is 0 Å². The van der Waals surface area contributed by atoms with Gasteiger partial charge in [0.1, 0.15) is 0 Å². The molecule has 0 bridgehead atoms. The third kappa shape index (κ3) is 4.78. The van der Waals surface area contributed by atoms with Crippen LogP contribution in [0, 0.1) is 6.92 Å². The minimum absolute atomic E-state index is 0.688. The summed E-state index contributed by atoms with van der Waals surface area (Å²) in [6.07, 6.45) is 2.55. The maximum absolute atomic E-state index is 5.88. The molecule has 0 spiro atoms. The van der Waals surface area contributed by atoms with Crippen molar-refractivity contribution in [3.63, 3.8) is 0 Å². The summed E-state index contributed by atoms with van der Waals surface area (Å²) in [7, 11) is 0. The van der Waals surface area contributed by atoms with Crippen molar-refractivity contribution >= 4 is 0 Å². The van der Waals surface area contributed by atoms with Gasteiger partial charge in [0.15, 0.2) is 0 Å². The standard InChI is InChI=1S/C21H25N5O/c1-17-6-2-3-7-18(17)14-20-23-24-21(27-20)16-26-12-10-25(11-13-26)15-19-8-4-5-9-22-19/h2-9H,10-16H2,1H3. The highest BCUT2D eigenvalue weighted by atomic mass is 16.4. The van der Waals surface area contributed by atoms with Crippen LogP contribution in [0.4, 0.5) is 0 Å². The highest BCUT2D eigenvalue weighted by Gasteiger charge is 2.19. The molecule has 0 amide bonds. The lowest BCUT2D eigenvalue weighted by Gasteiger charge is -2.33. The first kappa shape index (κ1) is 17.8. The van der Waals surface area contributed by atoms with E-state index in [0.29, 0.717) is 18.2 Å². The van der Waals surface area contributed by atoms with Gasteiger partial charge < -0.3 is 4.42 Å². The maximum Gasteiger partial charge on any atom is 0.230 e. The molecule has 140 valence electrons. The first-order chi connectivity index (χ1) is 13.3. The van der Waals surface area contributed by atoms with Gasteiger partial charge in [-0.05, 0) is 30.2 Å². The van der Waals surface area contributed by atoms with Crippen LogP contribution in [0.3, 0.4) is 0 Å². The van der Waals surface area contributed by atoms with Gasteiger partial charge in [-0.15, -0.1) is 10.2 Å². The normalized spacial score (nSPS) is 15.9. The van der Waals surface area contributed by atoms with Crippen LogP contribution >= 0.6 is 0 Å². The van der Waals surface area contributed by atoms with Crippen molar-refractivity contribution in [2.24, 2.45) is 0 Å². The number of aromatic nitrogens is 3. The summed E-state index contributed by atoms with van der Waals surface area (Å²) >= 11 is 0. The molecule has 1 aromatic carbocycles. The number of hydrogen-bond donors (Lipinski definition) is 0. The third-order valence-electron chi connectivity index (χ3n) is 5.05. The molecule has 1 aliphatic heterocycles. The minimum Gasteiger partial charge on any atom is -0.424 e. The van der Waals surface area contributed by atoms with E-state index in [9.17, 15) is 0 Å². The lowest BCUT2D eigenvalue weighted by molar-refractivity contribution is 0.113. The second-order valence-corrected chi connectivity index (χ2v) is 7.07. The zero-order chi connectivity index (χ0) is 18.5. The Bertz CT molecular complexity index is 856. The van der Waals surface area contributed by atoms with E-state index in [-0.39, 0.29) is 0 Å². The number of pyridine rings is 1. The van der Waals surface area contributed by atoms with Crippen molar-refractivity contribution in [1.82, 2.24) is 25.0 Å². The zero-order valence-corrected chi connectivity index (χ0v) is 15.7. The van der Waals surface area contributed by atoms with Crippen molar-refractivity contribution in [3.8, 4) is 0 Å². The first-order valence-electron chi connectivity index (χ1n) is 9.46. The summed E-state index contributed by atoms with van der Waals surface area (Å²) in [4.78, 5) is 9.23. The molecule has 6 nitrogen and oxygen atoms in total. The molecule has 4 rings (SSSR count). The quantitative estimate of drug-likeness (QED) is 0.671. The fourth-order valence-electron chi connectivity index (χ4n) is 3.41. The molecular weight excluding hydrogens is 338 g/mol. The molecule has 3 heterocycles. The molecule has 3 aromatic rings. The predicted molar refractivity (Wildman–Crippen MR) is 103 cm³/mol. The molecule has 0 radical (unpaired) electrons. The largest absolute Gasteiger partial charge is 0.424 e. The van der Waals surface area contributed by atoms with Crippen LogP contribution in [0.25, 0.3) is 0 Å². The molecule has 27 heavy (non-hydrogen) atoms. The number of piperazine rings is 1. The van der Waals surface area contributed by atoms with Crippen molar-refractivity contribution in [2.45, 2.75) is 26.4 Å². The smallest absolute Gasteiger partial charge is 0.230 e. The summed E-state index contributed by atoms with van der Waals surface area (Å²) in [5, 5.41) is 8.47. The molecule has 0 unspecified atom stereocenters. The van der Waals surface area contributed by atoms with Crippen LogP contribution in [0.15, 0.2) is 53.1 Å². The Hall–Kier alpha value is -2.57. The van der Waals surface area contributed by atoms with E-state index >= 15 is 0 Å². The Balaban J connectivity index is 1.27. The highest BCUT2D eigenvalue weighted by Crippen LogP contribution is 2.14. The lowest BCUT2D eigenvalue weighted by Crippen LogP contribution is -2.45. The van der Waals surface area contributed by atoms with Crippen LogP contribution in [0.2, 0.25) is 0 Å². The molecule has 1 fully saturated rings. The van der Waals surface area contributed by atoms with E-state index in [1.807, 2.05) is 30.5 Å². The Kier molecular flexibility index (Phi) is 5.55. The van der Waals surface area contributed by atoms with Gasteiger partial charge in [0, 0.05) is 38.9 Å². The monoisotopic (exact) mass is 363 g/mol. The SMILES string of the molecule is Cc1ccccc1Cc1nnc(CN2CCN(Cc3ccccn3)CC2)o1. The van der Waals surface area contributed by atoms with Gasteiger partial charge in [-0.1, -0.05) is 30.3 Å². The Labute approximate surface area is 159 Å². The van der Waals surface area contributed by atoms with Gasteiger partial charge >= 0.3 is 0 Å². The number of hydrogen-bond acceptors (Lipinski definition) is 6. The fraction of sp³-hybridized carbons (Fsp3) is 0.381. The topological polar surface area (TPSA) is 58.3 Å². The van der Waals surface area contributed by atoms with E-state index in [2.05, 4.69) is 50.1 Å². The lowest BCUT2D eigenvalue weighted by atomic mass is 10.1. The highest BCUT2D eigenvalue weighted by molar-refractivity contribution is 5.27. The van der Waals surface area contributed by atoms with Gasteiger partial charge in [-0.3, -0.25) is 14.8 Å². The van der Waals surface area contributed by atoms with Crippen molar-refractivity contribution in [3.05, 3.63) is 77.3 Å². The molecule has 0 aliphatic carbocycles. The second kappa shape index (κ2) is 8.41. The Morgan fingerprint density at radius 1 is 0.852 bits per heavy atom. The average Bonchev–Trinajstić information content (AvgIpc) is 3.13. The van der Waals surface area contributed by atoms with Crippen LogP contribution < -0.4 is 0 Å². The molecule has 1 saturated heterocycles. The van der Waals surface area contributed by atoms with Crippen LogP contribution in [-0.2, 0) is 19.5 Å². The zero-order valence-electron chi connectivity index (χ0n) is 15.7. The predicted octanol–water partition coefficient (Wildman–Crippen LogP) is 2.68. The molecule has 1 aliphatic rings. The molecule has 0 N–H and O–H groups in total. The van der Waals surface area contributed by atoms with Crippen LogP contribution in [0.1, 0.15) is 28.6 Å². The molecule has 6 heteroatoms. The van der Waals surface area contributed by atoms with E-state index in [4.69, 9.17) is 4.42 Å². The third-order valence-corrected chi connectivity index (χ3v) is 5.05. The fourth-order valence-corrected chi connectivity index (χ4v) is 3.41. The van der Waals surface area contributed by atoms with E-state index in [1.54, 1.807) is 0 Å². The Morgan fingerprint density at radius 3 is 2.30 bits per heavy atom.